The third-order valence-electron chi connectivity index (χ3n) is 4.85. The van der Waals surface area contributed by atoms with Gasteiger partial charge in [0.25, 0.3) is 0 Å². The smallest absolute Gasteiger partial charge is 0.167 e. The lowest BCUT2D eigenvalue weighted by molar-refractivity contribution is -0.0511. The van der Waals surface area contributed by atoms with Crippen molar-refractivity contribution >= 4 is 28.6 Å². The molecule has 0 amide bonds. The van der Waals surface area contributed by atoms with Crippen LogP contribution >= 0.6 is 11.6 Å². The second-order valence-electron chi connectivity index (χ2n) is 6.71. The maximum atomic E-state index is 10.3. The molecule has 1 fully saturated rings. The van der Waals surface area contributed by atoms with E-state index in [0.29, 0.717) is 28.5 Å². The van der Waals surface area contributed by atoms with Gasteiger partial charge in [0, 0.05) is 11.6 Å². The fourth-order valence-corrected chi connectivity index (χ4v) is 3.41. The second kappa shape index (κ2) is 7.61. The zero-order valence-corrected chi connectivity index (χ0v) is 15.8. The Bertz CT molecular complexity index is 997. The van der Waals surface area contributed by atoms with Crippen LogP contribution in [0, 0.1) is 6.92 Å². The molecule has 0 spiro atoms. The normalized spacial score (nSPS) is 24.8. The summed E-state index contributed by atoms with van der Waals surface area (Å²) < 4.78 is 7.08. The number of halogens is 1. The molecule has 4 atom stereocenters. The zero-order valence-electron chi connectivity index (χ0n) is 15.0. The van der Waals surface area contributed by atoms with E-state index >= 15 is 0 Å². The number of benzene rings is 1. The zero-order chi connectivity index (χ0) is 19.8. The maximum absolute atomic E-state index is 10.3. The monoisotopic (exact) mass is 405 g/mol. The molecule has 0 aliphatic carbocycles. The van der Waals surface area contributed by atoms with Gasteiger partial charge in [-0.25, -0.2) is 15.0 Å². The topological polar surface area (TPSA) is 126 Å². The van der Waals surface area contributed by atoms with Crippen molar-refractivity contribution in [2.45, 2.75) is 38.0 Å². The fraction of sp³-hybridized carbons (Fsp3) is 0.389. The Labute approximate surface area is 165 Å². The number of imidazole rings is 1. The predicted molar refractivity (Wildman–Crippen MR) is 102 cm³/mol. The van der Waals surface area contributed by atoms with E-state index in [9.17, 15) is 15.3 Å². The van der Waals surface area contributed by atoms with Gasteiger partial charge in [0.05, 0.1) is 12.9 Å². The van der Waals surface area contributed by atoms with Gasteiger partial charge in [0.15, 0.2) is 23.2 Å². The Morgan fingerprint density at radius 3 is 2.75 bits per heavy atom. The highest BCUT2D eigenvalue weighted by Gasteiger charge is 2.44. The molecule has 0 bridgehead atoms. The highest BCUT2D eigenvalue weighted by Crippen LogP contribution is 2.32. The van der Waals surface area contributed by atoms with Crippen LogP contribution in [0.1, 0.15) is 17.4 Å². The SMILES string of the molecule is Cc1ccc(CNc2ncnc3c2ncn3[C@@H]2O[C@H](CO)[C@@H](O)[C@H]2O)cc1Cl. The average molecular weight is 406 g/mol. The standard InChI is InChI=1S/C18H20ClN5O4/c1-9-2-3-10(4-11(9)19)5-20-16-13-17(22-7-21-16)24(8-23-13)18-15(27)14(26)12(6-25)28-18/h2-4,7-8,12,14-15,18,25-27H,5-6H2,1H3,(H,20,21,22)/t12-,14-,15-,18-/m1/s1. The lowest BCUT2D eigenvalue weighted by Crippen LogP contribution is -2.33. The van der Waals surface area contributed by atoms with E-state index in [1.54, 1.807) is 0 Å². The van der Waals surface area contributed by atoms with Crippen LogP contribution in [0.4, 0.5) is 5.82 Å². The van der Waals surface area contributed by atoms with E-state index in [-0.39, 0.29) is 0 Å². The van der Waals surface area contributed by atoms with E-state index in [0.717, 1.165) is 11.1 Å². The first-order valence-corrected chi connectivity index (χ1v) is 9.16. The van der Waals surface area contributed by atoms with Crippen molar-refractivity contribution in [1.82, 2.24) is 19.5 Å². The average Bonchev–Trinajstić information content (AvgIpc) is 3.24. The molecule has 1 aliphatic heterocycles. The first-order chi connectivity index (χ1) is 13.5. The summed E-state index contributed by atoms with van der Waals surface area (Å²) in [5.74, 6) is 0.521. The van der Waals surface area contributed by atoms with Gasteiger partial charge in [-0.3, -0.25) is 4.57 Å². The number of hydrogen-bond acceptors (Lipinski definition) is 8. The Balaban J connectivity index is 1.59. The van der Waals surface area contributed by atoms with Gasteiger partial charge in [-0.1, -0.05) is 23.7 Å². The molecular weight excluding hydrogens is 386 g/mol. The van der Waals surface area contributed by atoms with Crippen LogP contribution in [-0.2, 0) is 11.3 Å². The van der Waals surface area contributed by atoms with Crippen LogP contribution in [-0.4, -0.2) is 59.8 Å². The molecule has 0 saturated carbocycles. The van der Waals surface area contributed by atoms with Crippen LogP contribution in [0.25, 0.3) is 11.2 Å². The second-order valence-corrected chi connectivity index (χ2v) is 7.12. The first-order valence-electron chi connectivity index (χ1n) is 8.78. The van der Waals surface area contributed by atoms with Crippen LogP contribution in [0.15, 0.2) is 30.9 Å². The predicted octanol–water partition coefficient (Wildman–Crippen LogP) is 1.01. The highest BCUT2D eigenvalue weighted by atomic mass is 35.5. The van der Waals surface area contributed by atoms with Crippen molar-refractivity contribution in [3.8, 4) is 0 Å². The summed E-state index contributed by atoms with van der Waals surface area (Å²) in [6.45, 7) is 2.03. The molecule has 0 unspecified atom stereocenters. The van der Waals surface area contributed by atoms with Crippen LogP contribution in [0.5, 0.6) is 0 Å². The Morgan fingerprint density at radius 2 is 2.04 bits per heavy atom. The number of anilines is 1. The molecule has 2 aromatic heterocycles. The van der Waals surface area contributed by atoms with Gasteiger partial charge in [0.2, 0.25) is 0 Å². The molecule has 1 aromatic carbocycles. The molecule has 4 N–H and O–H groups in total. The molecule has 1 saturated heterocycles. The lowest BCUT2D eigenvalue weighted by Gasteiger charge is -2.16. The Kier molecular flexibility index (Phi) is 5.17. The molecule has 0 radical (unpaired) electrons. The summed E-state index contributed by atoms with van der Waals surface area (Å²) in [5, 5.41) is 33.4. The molecule has 4 rings (SSSR count). The van der Waals surface area contributed by atoms with Crippen molar-refractivity contribution in [2.75, 3.05) is 11.9 Å². The highest BCUT2D eigenvalue weighted by molar-refractivity contribution is 6.31. The Morgan fingerprint density at radius 1 is 1.21 bits per heavy atom. The van der Waals surface area contributed by atoms with E-state index < -0.39 is 31.1 Å². The van der Waals surface area contributed by atoms with Gasteiger partial charge >= 0.3 is 0 Å². The number of fused-ring (bicyclic) bond motifs is 1. The molecule has 3 aromatic rings. The quantitative estimate of drug-likeness (QED) is 0.495. The summed E-state index contributed by atoms with van der Waals surface area (Å²) in [6, 6.07) is 5.82. The third-order valence-corrected chi connectivity index (χ3v) is 5.25. The number of aliphatic hydroxyl groups excluding tert-OH is 3. The van der Waals surface area contributed by atoms with Crippen LogP contribution in [0.3, 0.4) is 0 Å². The molecule has 9 nitrogen and oxygen atoms in total. The minimum Gasteiger partial charge on any atom is -0.394 e. The number of nitrogens with zero attached hydrogens (tertiary/aromatic N) is 4. The number of nitrogens with one attached hydrogen (secondary N) is 1. The molecular formula is C18H20ClN5O4. The molecule has 148 valence electrons. The van der Waals surface area contributed by atoms with Crippen LogP contribution < -0.4 is 5.32 Å². The summed E-state index contributed by atoms with van der Waals surface area (Å²) in [6.07, 6.45) is -1.34. The summed E-state index contributed by atoms with van der Waals surface area (Å²) >= 11 is 6.17. The van der Waals surface area contributed by atoms with E-state index in [1.807, 2.05) is 25.1 Å². The molecule has 28 heavy (non-hydrogen) atoms. The van der Waals surface area contributed by atoms with Gasteiger partial charge in [-0.05, 0) is 24.1 Å². The molecule has 3 heterocycles. The first kappa shape index (κ1) is 19.0. The van der Waals surface area contributed by atoms with E-state index in [1.165, 1.54) is 17.2 Å². The minimum atomic E-state index is -1.21. The number of aryl methyl sites for hydroxylation is 1. The van der Waals surface area contributed by atoms with Crippen molar-refractivity contribution in [3.63, 3.8) is 0 Å². The van der Waals surface area contributed by atoms with Crippen molar-refractivity contribution in [3.05, 3.63) is 47.0 Å². The number of ether oxygens (including phenoxy) is 1. The van der Waals surface area contributed by atoms with Crippen molar-refractivity contribution in [1.29, 1.82) is 0 Å². The summed E-state index contributed by atoms with van der Waals surface area (Å²) in [7, 11) is 0. The van der Waals surface area contributed by atoms with Gasteiger partial charge in [-0.15, -0.1) is 0 Å². The molecule has 1 aliphatic rings. The number of rotatable bonds is 5. The third kappa shape index (κ3) is 3.31. The Hall–Kier alpha value is -2.30. The summed E-state index contributed by atoms with van der Waals surface area (Å²) in [5.41, 5.74) is 2.94. The van der Waals surface area contributed by atoms with E-state index in [4.69, 9.17) is 16.3 Å². The fourth-order valence-electron chi connectivity index (χ4n) is 3.21. The lowest BCUT2D eigenvalue weighted by atomic mass is 10.1. The summed E-state index contributed by atoms with van der Waals surface area (Å²) in [4.78, 5) is 12.8. The number of aliphatic hydroxyl groups is 3. The minimum absolute atomic E-state index is 0.401. The number of aromatic nitrogens is 4. The number of hydrogen-bond donors (Lipinski definition) is 4. The van der Waals surface area contributed by atoms with Crippen LogP contribution in [0.2, 0.25) is 5.02 Å². The van der Waals surface area contributed by atoms with E-state index in [2.05, 4.69) is 20.3 Å². The van der Waals surface area contributed by atoms with Gasteiger partial charge < -0.3 is 25.4 Å². The van der Waals surface area contributed by atoms with Crippen molar-refractivity contribution in [2.24, 2.45) is 0 Å². The largest absolute Gasteiger partial charge is 0.394 e. The molecule has 10 heteroatoms. The maximum Gasteiger partial charge on any atom is 0.167 e. The van der Waals surface area contributed by atoms with Crippen molar-refractivity contribution < 1.29 is 20.1 Å². The van der Waals surface area contributed by atoms with Gasteiger partial charge in [0.1, 0.15) is 24.6 Å². The van der Waals surface area contributed by atoms with Gasteiger partial charge in [-0.2, -0.15) is 0 Å².